The maximum absolute atomic E-state index is 4.94. The molecule has 0 aliphatic heterocycles. The molecule has 0 aromatic carbocycles. The molecule has 4 heteroatoms. The van der Waals surface area contributed by atoms with Crippen molar-refractivity contribution in [3.8, 4) is 0 Å². The molecule has 0 amide bonds. The van der Waals surface area contributed by atoms with Gasteiger partial charge in [0.1, 0.15) is 0 Å². The predicted molar refractivity (Wildman–Crippen MR) is 19.8 cm³/mol. The van der Waals surface area contributed by atoms with Crippen LogP contribution < -0.4 is 68.4 Å². The first-order chi connectivity index (χ1) is 1.41. The van der Waals surface area contributed by atoms with Crippen molar-refractivity contribution >= 4 is 24.3 Å². The molecule has 0 bridgehead atoms. The van der Waals surface area contributed by atoms with E-state index < -0.39 is 0 Å². The van der Waals surface area contributed by atoms with Gasteiger partial charge in [0.15, 0.2) is 0 Å². The summed E-state index contributed by atoms with van der Waals surface area (Å²) in [7, 11) is 0. The minimum Gasteiger partial charge on any atom is 1.00 e. The minimum absolute atomic E-state index is 0. The Balaban J connectivity index is 0. The molecule has 0 nitrogen and oxygen atoms in total. The first-order valence-corrected chi connectivity index (χ1v) is 7.89. The molecule has 0 aromatic heterocycles. The molecule has 4 heavy (non-hydrogen) atoms. The van der Waals surface area contributed by atoms with Gasteiger partial charge in [-0.1, -0.05) is 0 Å². The van der Waals surface area contributed by atoms with Gasteiger partial charge in [0.25, 0.3) is 0 Å². The van der Waals surface area contributed by atoms with Gasteiger partial charge in [-0.2, -0.15) is 0 Å². The second-order valence-corrected chi connectivity index (χ2v) is 3.71. The Kier molecular flexibility index (Phi) is 24.2. The van der Waals surface area contributed by atoms with Crippen molar-refractivity contribution in [2.75, 3.05) is 0 Å². The standard InChI is InChI=1S/BI2.K/c1-3-2;/q-1;+1. The Hall–Kier alpha value is 3.16. The van der Waals surface area contributed by atoms with E-state index in [0.29, 0.717) is 0 Å². The van der Waals surface area contributed by atoms with Gasteiger partial charge in [0.05, 0.1) is 0 Å². The zero-order chi connectivity index (χ0) is 2.71. The molecule has 0 saturated carbocycles. The fourth-order valence-electron chi connectivity index (χ4n) is 0. The third-order valence-corrected chi connectivity index (χ3v) is 0. The fraction of sp³-hybridized carbons (Fsp3) is 0. The third kappa shape index (κ3) is 8.94. The average molecular weight is 304 g/mol. The van der Waals surface area contributed by atoms with Gasteiger partial charge >= 0.3 is 92.7 Å². The van der Waals surface area contributed by atoms with Crippen LogP contribution in [0, 0.1) is 0 Å². The Bertz CT molecular complexity index is 6.00. The molecule has 0 rings (SSSR count). The molecule has 18 valence electrons. The van der Waals surface area contributed by atoms with Crippen LogP contribution in [0.25, 0.3) is 0 Å². The number of halogens is 2. The maximum Gasteiger partial charge on any atom is 1.00 e. The van der Waals surface area contributed by atoms with Crippen molar-refractivity contribution in [1.82, 2.24) is 0 Å². The van der Waals surface area contributed by atoms with Crippen molar-refractivity contribution < 1.29 is 68.4 Å². The van der Waals surface area contributed by atoms with Gasteiger partial charge < -0.3 is 0 Å². The Morgan fingerprint density at radius 2 is 1.75 bits per heavy atom. The summed E-state index contributed by atoms with van der Waals surface area (Å²) in [6.45, 7) is 0. The largest absolute Gasteiger partial charge is 1.00 e. The summed E-state index contributed by atoms with van der Waals surface area (Å²) < 4.78 is 0. The van der Waals surface area contributed by atoms with E-state index >= 15 is 0 Å². The average Bonchev–Trinajstić information content (AvgIpc) is 0.918. The van der Waals surface area contributed by atoms with Crippen molar-refractivity contribution in [2.24, 2.45) is 0 Å². The van der Waals surface area contributed by atoms with Crippen LogP contribution in [0.1, 0.15) is 0 Å². The van der Waals surface area contributed by atoms with Crippen molar-refractivity contribution in [2.45, 2.75) is 0 Å². The molecular weight excluding hydrogens is 304 g/mol. The molecular formula is BI2K. The smallest absolute Gasteiger partial charge is 1.00 e. The molecule has 0 unspecified atom stereocenters. The summed E-state index contributed by atoms with van der Waals surface area (Å²) in [5.41, 5.74) is 4.94. The molecule has 0 fully saturated rings. The Labute approximate surface area is 89.9 Å². The fourth-order valence-corrected chi connectivity index (χ4v) is 0. The zero-order valence-corrected chi connectivity index (χ0v) is 9.77. The molecule has 0 atom stereocenters. The maximum atomic E-state index is 4.94. The van der Waals surface area contributed by atoms with Crippen molar-refractivity contribution in [3.63, 3.8) is 0 Å². The van der Waals surface area contributed by atoms with E-state index in [9.17, 15) is 0 Å². The van der Waals surface area contributed by atoms with Crippen molar-refractivity contribution in [3.05, 3.63) is 0 Å². The minimum atomic E-state index is 0. The van der Waals surface area contributed by atoms with Gasteiger partial charge in [-0.25, -0.2) is 0 Å². The second-order valence-electron chi connectivity index (χ2n) is 0.0825. The van der Waals surface area contributed by atoms with Gasteiger partial charge in [0, 0.05) is 0 Å². The van der Waals surface area contributed by atoms with Gasteiger partial charge in [0.2, 0.25) is 0 Å². The number of hydrogen-bond acceptors (Lipinski definition) is 0. The Morgan fingerprint density at radius 3 is 1.75 bits per heavy atom. The molecule has 0 saturated heterocycles. The van der Waals surface area contributed by atoms with Gasteiger partial charge in [-0.15, -0.1) is 0 Å². The molecule has 0 spiro atoms. The summed E-state index contributed by atoms with van der Waals surface area (Å²) in [6.07, 6.45) is 0. The molecule has 0 heterocycles. The number of hydrogen-bond donors (Lipinski definition) is 0. The monoisotopic (exact) mass is 304 g/mol. The predicted octanol–water partition coefficient (Wildman–Crippen LogP) is -5.49. The van der Waals surface area contributed by atoms with Crippen LogP contribution in [-0.4, -0.2) is 5.70 Å². The molecule has 0 aliphatic carbocycles. The van der Waals surface area contributed by atoms with Crippen LogP contribution in [0.15, 0.2) is 0 Å². The van der Waals surface area contributed by atoms with E-state index in [4.69, 9.17) is 5.70 Å². The van der Waals surface area contributed by atoms with Crippen molar-refractivity contribution in [1.29, 1.82) is 0 Å². The summed E-state index contributed by atoms with van der Waals surface area (Å²) in [5.74, 6) is 0. The topological polar surface area (TPSA) is 0 Å². The molecule has 0 aromatic rings. The van der Waals surface area contributed by atoms with Crippen LogP contribution in [0.2, 0.25) is 0 Å². The SMILES string of the molecule is [B][I-]I.[K+]. The third-order valence-electron chi connectivity index (χ3n) is 0. The van der Waals surface area contributed by atoms with Crippen LogP contribution in [0.3, 0.4) is 0 Å². The van der Waals surface area contributed by atoms with E-state index in [1.807, 2.05) is 0 Å². The normalized spacial score (nSPS) is 5.25. The first kappa shape index (κ1) is 10.2. The zero-order valence-electron chi connectivity index (χ0n) is 2.33. The molecule has 0 aliphatic rings. The van der Waals surface area contributed by atoms with E-state index in [-0.39, 0.29) is 68.4 Å². The summed E-state index contributed by atoms with van der Waals surface area (Å²) in [5, 5.41) is 0. The van der Waals surface area contributed by atoms with Crippen LogP contribution in [0.5, 0.6) is 0 Å². The van der Waals surface area contributed by atoms with E-state index in [1.165, 1.54) is 0 Å². The quantitative estimate of drug-likeness (QED) is 0.309. The van der Waals surface area contributed by atoms with Crippen LogP contribution in [-0.2, 0) is 0 Å². The summed E-state index contributed by atoms with van der Waals surface area (Å²) in [4.78, 5) is 0. The Morgan fingerprint density at radius 1 is 1.75 bits per heavy atom. The van der Waals surface area contributed by atoms with Gasteiger partial charge in [-0.05, 0) is 0 Å². The van der Waals surface area contributed by atoms with Crippen LogP contribution in [0.4, 0.5) is 0 Å². The molecule has 0 N–H and O–H groups in total. The number of rotatable bonds is 0. The van der Waals surface area contributed by atoms with E-state index in [0.717, 1.165) is 0 Å². The summed E-state index contributed by atoms with van der Waals surface area (Å²) in [6, 6.07) is 0. The van der Waals surface area contributed by atoms with Crippen LogP contribution >= 0.6 is 18.6 Å². The van der Waals surface area contributed by atoms with E-state index in [1.54, 1.807) is 0 Å². The molecule has 2 radical (unpaired) electrons. The first-order valence-electron chi connectivity index (χ1n) is 0.361. The summed E-state index contributed by atoms with van der Waals surface area (Å²) >= 11 is 2.24. The second kappa shape index (κ2) is 9.48. The van der Waals surface area contributed by atoms with E-state index in [2.05, 4.69) is 18.6 Å². The van der Waals surface area contributed by atoms with Gasteiger partial charge in [-0.3, -0.25) is 0 Å².